The molecule has 2 nitrogen and oxygen atoms in total. The van der Waals surface area contributed by atoms with Crippen molar-refractivity contribution in [1.29, 1.82) is 0 Å². The molecule has 0 radical (unpaired) electrons. The zero-order chi connectivity index (χ0) is 13.1. The van der Waals surface area contributed by atoms with E-state index in [2.05, 4.69) is 27.8 Å². The number of halogens is 2. The van der Waals surface area contributed by atoms with Crippen molar-refractivity contribution < 1.29 is 4.74 Å². The molecule has 0 unspecified atom stereocenters. The Balaban J connectivity index is 2.10. The Labute approximate surface area is 124 Å². The number of rotatable bonds is 4. The van der Waals surface area contributed by atoms with Crippen molar-refractivity contribution in [2.75, 3.05) is 0 Å². The predicted octanol–water partition coefficient (Wildman–Crippen LogP) is 4.89. The minimum atomic E-state index is 0.501. The van der Waals surface area contributed by atoms with Crippen LogP contribution in [0.2, 0.25) is 5.02 Å². The topological polar surface area (TPSA) is 22.1 Å². The minimum absolute atomic E-state index is 0.501. The van der Waals surface area contributed by atoms with Crippen LogP contribution >= 0.6 is 38.9 Å². The average molecular weight is 347 g/mol. The predicted molar refractivity (Wildman–Crippen MR) is 80.0 cm³/mol. The summed E-state index contributed by atoms with van der Waals surface area (Å²) < 4.78 is 5.80. The normalized spacial score (nSPS) is 10.7. The van der Waals surface area contributed by atoms with Crippen LogP contribution in [0, 0.1) is 13.8 Å². The highest BCUT2D eigenvalue weighted by molar-refractivity contribution is 9.08. The Hall–Kier alpha value is -0.580. The highest BCUT2D eigenvalue weighted by Gasteiger charge is 2.07. The summed E-state index contributed by atoms with van der Waals surface area (Å²) in [5.41, 5.74) is 2.13. The Kier molecular flexibility index (Phi) is 4.65. The first-order valence-electron chi connectivity index (χ1n) is 5.50. The van der Waals surface area contributed by atoms with Crippen molar-refractivity contribution in [1.82, 2.24) is 4.98 Å². The molecule has 5 heteroatoms. The molecule has 0 amide bonds. The second-order valence-corrected chi connectivity index (χ2v) is 6.21. The summed E-state index contributed by atoms with van der Waals surface area (Å²) >= 11 is 11.1. The van der Waals surface area contributed by atoms with E-state index in [-0.39, 0.29) is 0 Å². The van der Waals surface area contributed by atoms with Crippen LogP contribution in [0.5, 0.6) is 5.75 Å². The maximum atomic E-state index is 5.95. The van der Waals surface area contributed by atoms with Crippen LogP contribution in [0.3, 0.4) is 0 Å². The summed E-state index contributed by atoms with van der Waals surface area (Å²) in [4.78, 5) is 5.70. The van der Waals surface area contributed by atoms with Gasteiger partial charge < -0.3 is 4.74 Å². The highest BCUT2D eigenvalue weighted by atomic mass is 79.9. The Morgan fingerprint density at radius 3 is 2.78 bits per heavy atom. The molecule has 18 heavy (non-hydrogen) atoms. The molecule has 1 heterocycles. The number of aryl methyl sites for hydroxylation is 2. The maximum absolute atomic E-state index is 5.95. The van der Waals surface area contributed by atoms with Gasteiger partial charge in [0.25, 0.3) is 0 Å². The third kappa shape index (κ3) is 3.25. The first-order chi connectivity index (χ1) is 8.60. The summed E-state index contributed by atoms with van der Waals surface area (Å²) in [7, 11) is 0. The van der Waals surface area contributed by atoms with Crippen LogP contribution in [-0.2, 0) is 11.9 Å². The molecule has 0 spiro atoms. The average Bonchev–Trinajstić information content (AvgIpc) is 2.67. The van der Waals surface area contributed by atoms with E-state index in [1.165, 1.54) is 4.88 Å². The second kappa shape index (κ2) is 6.04. The monoisotopic (exact) mass is 345 g/mol. The van der Waals surface area contributed by atoms with E-state index in [0.29, 0.717) is 6.61 Å². The Morgan fingerprint density at radius 2 is 2.17 bits per heavy atom. The first-order valence-corrected chi connectivity index (χ1v) is 7.82. The van der Waals surface area contributed by atoms with Gasteiger partial charge in [-0.25, -0.2) is 4.98 Å². The van der Waals surface area contributed by atoms with E-state index in [1.54, 1.807) is 11.3 Å². The summed E-state index contributed by atoms with van der Waals surface area (Å²) in [5, 5.41) is 2.44. The quantitative estimate of drug-likeness (QED) is 0.736. The number of hydrogen-bond donors (Lipinski definition) is 0. The van der Waals surface area contributed by atoms with Crippen LogP contribution in [0.15, 0.2) is 18.2 Å². The maximum Gasteiger partial charge on any atom is 0.140 e. The van der Waals surface area contributed by atoms with Crippen molar-refractivity contribution in [3.05, 3.63) is 44.4 Å². The van der Waals surface area contributed by atoms with Crippen LogP contribution in [-0.4, -0.2) is 4.98 Å². The highest BCUT2D eigenvalue weighted by Crippen LogP contribution is 2.26. The third-order valence-corrected chi connectivity index (χ3v) is 4.48. The fraction of sp³-hybridized carbons (Fsp3) is 0.308. The van der Waals surface area contributed by atoms with E-state index < -0.39 is 0 Å². The van der Waals surface area contributed by atoms with Gasteiger partial charge in [-0.1, -0.05) is 27.5 Å². The molecule has 0 aliphatic carbocycles. The molecule has 0 saturated heterocycles. The SMILES string of the molecule is Cc1nc(COc2ccc(Cl)cc2CBr)sc1C. The number of hydrogen-bond acceptors (Lipinski definition) is 3. The van der Waals surface area contributed by atoms with Crippen molar-refractivity contribution in [2.24, 2.45) is 0 Å². The molecule has 0 bridgehead atoms. The minimum Gasteiger partial charge on any atom is -0.486 e. The van der Waals surface area contributed by atoms with Gasteiger partial charge >= 0.3 is 0 Å². The van der Waals surface area contributed by atoms with E-state index in [9.17, 15) is 0 Å². The van der Waals surface area contributed by atoms with Gasteiger partial charge in [0.1, 0.15) is 17.4 Å². The molecule has 0 saturated carbocycles. The lowest BCUT2D eigenvalue weighted by atomic mass is 10.2. The fourth-order valence-corrected chi connectivity index (χ4v) is 3.01. The zero-order valence-electron chi connectivity index (χ0n) is 10.2. The molecule has 1 aromatic carbocycles. The zero-order valence-corrected chi connectivity index (χ0v) is 13.3. The van der Waals surface area contributed by atoms with Gasteiger partial charge in [0, 0.05) is 20.8 Å². The van der Waals surface area contributed by atoms with E-state index in [4.69, 9.17) is 16.3 Å². The summed E-state index contributed by atoms with van der Waals surface area (Å²) in [6, 6.07) is 5.64. The van der Waals surface area contributed by atoms with Crippen molar-refractivity contribution in [2.45, 2.75) is 25.8 Å². The molecule has 1 aromatic heterocycles. The van der Waals surface area contributed by atoms with E-state index in [1.807, 2.05) is 25.1 Å². The lowest BCUT2D eigenvalue weighted by Crippen LogP contribution is -1.97. The van der Waals surface area contributed by atoms with Gasteiger partial charge in [0.2, 0.25) is 0 Å². The van der Waals surface area contributed by atoms with E-state index in [0.717, 1.165) is 32.4 Å². The molecular formula is C13H13BrClNOS. The molecule has 0 atom stereocenters. The van der Waals surface area contributed by atoms with E-state index >= 15 is 0 Å². The van der Waals surface area contributed by atoms with Gasteiger partial charge in [-0.05, 0) is 32.0 Å². The third-order valence-electron chi connectivity index (χ3n) is 2.59. The summed E-state index contributed by atoms with van der Waals surface area (Å²) in [6.45, 7) is 4.59. The standard InChI is InChI=1S/C13H13BrClNOS/c1-8-9(2)18-13(16-8)7-17-12-4-3-11(15)5-10(12)6-14/h3-5H,6-7H2,1-2H3. The largest absolute Gasteiger partial charge is 0.486 e. The van der Waals surface area contributed by atoms with Gasteiger partial charge in [-0.15, -0.1) is 11.3 Å². The second-order valence-electron chi connectivity index (χ2n) is 3.92. The summed E-state index contributed by atoms with van der Waals surface area (Å²) in [5.74, 6) is 0.849. The molecule has 0 aliphatic rings. The number of ether oxygens (including phenoxy) is 1. The number of alkyl halides is 1. The van der Waals surface area contributed by atoms with Crippen LogP contribution in [0.25, 0.3) is 0 Å². The molecule has 2 rings (SSSR count). The van der Waals surface area contributed by atoms with Crippen molar-refractivity contribution >= 4 is 38.9 Å². The molecule has 2 aromatic rings. The van der Waals surface area contributed by atoms with Gasteiger partial charge in [-0.3, -0.25) is 0 Å². The van der Waals surface area contributed by atoms with Crippen LogP contribution < -0.4 is 4.74 Å². The smallest absolute Gasteiger partial charge is 0.140 e. The van der Waals surface area contributed by atoms with Crippen LogP contribution in [0.4, 0.5) is 0 Å². The van der Waals surface area contributed by atoms with Gasteiger partial charge in [0.15, 0.2) is 0 Å². The number of thiazole rings is 1. The first kappa shape index (κ1) is 13.8. The van der Waals surface area contributed by atoms with Crippen molar-refractivity contribution in [3.8, 4) is 5.75 Å². The molecular weight excluding hydrogens is 334 g/mol. The Morgan fingerprint density at radius 1 is 1.39 bits per heavy atom. The Bertz CT molecular complexity index is 536. The molecule has 0 N–H and O–H groups in total. The number of aromatic nitrogens is 1. The van der Waals surface area contributed by atoms with Crippen molar-refractivity contribution in [3.63, 3.8) is 0 Å². The molecule has 96 valence electrons. The number of nitrogens with zero attached hydrogens (tertiary/aromatic N) is 1. The van der Waals surface area contributed by atoms with Gasteiger partial charge in [0.05, 0.1) is 5.69 Å². The van der Waals surface area contributed by atoms with Gasteiger partial charge in [-0.2, -0.15) is 0 Å². The lowest BCUT2D eigenvalue weighted by Gasteiger charge is -2.08. The van der Waals surface area contributed by atoms with Crippen LogP contribution in [0.1, 0.15) is 21.1 Å². The fourth-order valence-electron chi connectivity index (χ4n) is 1.53. The summed E-state index contributed by atoms with van der Waals surface area (Å²) in [6.07, 6.45) is 0. The molecule has 0 aliphatic heterocycles. The lowest BCUT2D eigenvalue weighted by molar-refractivity contribution is 0.303. The molecule has 0 fully saturated rings. The number of benzene rings is 1.